The third kappa shape index (κ3) is 3.32. The van der Waals surface area contributed by atoms with Crippen LogP contribution < -0.4 is 15.4 Å². The number of nitrogen functional groups attached to an aromatic ring is 1. The fraction of sp³-hybridized carbons (Fsp3) is 0.263. The van der Waals surface area contributed by atoms with Gasteiger partial charge in [0.2, 0.25) is 0 Å². The first-order valence-electron chi connectivity index (χ1n) is 8.12. The topological polar surface area (TPSA) is 81.9 Å². The summed E-state index contributed by atoms with van der Waals surface area (Å²) in [6.45, 7) is 1.59. The van der Waals surface area contributed by atoms with Gasteiger partial charge in [0.05, 0.1) is 17.8 Å². The van der Waals surface area contributed by atoms with E-state index in [-0.39, 0.29) is 34.9 Å². The van der Waals surface area contributed by atoms with Crippen molar-refractivity contribution in [3.05, 3.63) is 52.5 Å². The van der Waals surface area contributed by atoms with Crippen molar-refractivity contribution in [1.82, 2.24) is 0 Å². The van der Waals surface area contributed by atoms with Crippen LogP contribution in [0.5, 0.6) is 5.75 Å². The summed E-state index contributed by atoms with van der Waals surface area (Å²) in [6.07, 6.45) is 0.775. The molecule has 1 heterocycles. The Kier molecular flexibility index (Phi) is 5.04. The van der Waals surface area contributed by atoms with Crippen LogP contribution in [0.1, 0.15) is 22.8 Å². The average molecular weight is 375 g/mol. The minimum Gasteiger partial charge on any atom is -0.496 e. The summed E-state index contributed by atoms with van der Waals surface area (Å²) in [4.78, 5) is 26.6. The fourth-order valence-corrected chi connectivity index (χ4v) is 3.28. The molecule has 7 heteroatoms. The summed E-state index contributed by atoms with van der Waals surface area (Å²) in [5.74, 6) is -0.738. The number of methoxy groups -OCH3 is 1. The molecular formula is C19H19ClN2O4. The molecule has 0 fully saturated rings. The largest absolute Gasteiger partial charge is 0.496 e. The maximum atomic E-state index is 12.6. The first kappa shape index (κ1) is 18.1. The van der Waals surface area contributed by atoms with Gasteiger partial charge in [-0.1, -0.05) is 29.8 Å². The van der Waals surface area contributed by atoms with Gasteiger partial charge in [-0.25, -0.2) is 4.79 Å². The molecule has 0 radical (unpaired) electrons. The first-order valence-corrected chi connectivity index (χ1v) is 8.50. The SMILES string of the molecule is COc1cc(N)c(Cl)cc1C(=O)OCC(=O)N1c2ccccc2CC1C. The normalized spacial score (nSPS) is 15.5. The molecule has 1 atom stereocenters. The van der Waals surface area contributed by atoms with Crippen molar-refractivity contribution in [1.29, 1.82) is 0 Å². The minimum absolute atomic E-state index is 0.0131. The lowest BCUT2D eigenvalue weighted by molar-refractivity contribution is -0.122. The van der Waals surface area contributed by atoms with E-state index >= 15 is 0 Å². The molecule has 0 spiro atoms. The zero-order chi connectivity index (χ0) is 18.8. The summed E-state index contributed by atoms with van der Waals surface area (Å²) in [6, 6.07) is 10.5. The van der Waals surface area contributed by atoms with Gasteiger partial charge in [0.25, 0.3) is 5.91 Å². The number of halogens is 1. The molecule has 1 unspecified atom stereocenters. The number of fused-ring (bicyclic) bond motifs is 1. The zero-order valence-electron chi connectivity index (χ0n) is 14.5. The highest BCUT2D eigenvalue weighted by Gasteiger charge is 2.31. The van der Waals surface area contributed by atoms with Crippen molar-refractivity contribution in [3.63, 3.8) is 0 Å². The zero-order valence-corrected chi connectivity index (χ0v) is 15.2. The molecule has 1 aliphatic rings. The molecule has 0 saturated carbocycles. The van der Waals surface area contributed by atoms with E-state index < -0.39 is 5.97 Å². The van der Waals surface area contributed by atoms with E-state index in [1.165, 1.54) is 19.2 Å². The number of nitrogens with zero attached hydrogens (tertiary/aromatic N) is 1. The molecule has 2 N–H and O–H groups in total. The second-order valence-electron chi connectivity index (χ2n) is 6.10. The number of anilines is 2. The van der Waals surface area contributed by atoms with E-state index in [9.17, 15) is 9.59 Å². The summed E-state index contributed by atoms with van der Waals surface area (Å²) >= 11 is 5.96. The molecule has 1 aliphatic heterocycles. The Balaban J connectivity index is 1.73. The van der Waals surface area contributed by atoms with Crippen molar-refractivity contribution < 1.29 is 19.1 Å². The Morgan fingerprint density at radius 3 is 2.77 bits per heavy atom. The van der Waals surface area contributed by atoms with Gasteiger partial charge >= 0.3 is 5.97 Å². The standard InChI is InChI=1S/C19H19ClN2O4/c1-11-7-12-5-3-4-6-16(12)22(11)18(23)10-26-19(24)13-8-14(20)15(21)9-17(13)25-2/h3-6,8-9,11H,7,10,21H2,1-2H3. The second kappa shape index (κ2) is 7.25. The molecule has 0 aliphatic carbocycles. The Morgan fingerprint density at radius 1 is 1.31 bits per heavy atom. The predicted octanol–water partition coefficient (Wildman–Crippen LogP) is 3.07. The quantitative estimate of drug-likeness (QED) is 0.657. The highest BCUT2D eigenvalue weighted by molar-refractivity contribution is 6.33. The summed E-state index contributed by atoms with van der Waals surface area (Å²) in [7, 11) is 1.41. The number of carbonyl (C=O) groups is 2. The van der Waals surface area contributed by atoms with Gasteiger partial charge in [0, 0.05) is 17.8 Å². The maximum Gasteiger partial charge on any atom is 0.342 e. The Labute approximate surface area is 156 Å². The van der Waals surface area contributed by atoms with E-state index in [0.29, 0.717) is 5.69 Å². The van der Waals surface area contributed by atoms with Crippen LogP contribution in [0.4, 0.5) is 11.4 Å². The van der Waals surface area contributed by atoms with E-state index in [2.05, 4.69) is 0 Å². The lowest BCUT2D eigenvalue weighted by atomic mass is 10.1. The summed E-state index contributed by atoms with van der Waals surface area (Å²) in [5.41, 5.74) is 8.08. The van der Waals surface area contributed by atoms with Crippen LogP contribution in [-0.4, -0.2) is 31.6 Å². The molecule has 2 aromatic carbocycles. The van der Waals surface area contributed by atoms with Crippen molar-refractivity contribution in [2.24, 2.45) is 0 Å². The van der Waals surface area contributed by atoms with Gasteiger partial charge in [-0.2, -0.15) is 0 Å². The number of hydrogen-bond donors (Lipinski definition) is 1. The van der Waals surface area contributed by atoms with Crippen molar-refractivity contribution in [2.45, 2.75) is 19.4 Å². The van der Waals surface area contributed by atoms with Gasteiger partial charge in [-0.15, -0.1) is 0 Å². The number of ether oxygens (including phenoxy) is 2. The van der Waals surface area contributed by atoms with E-state index in [1.807, 2.05) is 31.2 Å². The van der Waals surface area contributed by atoms with E-state index in [1.54, 1.807) is 4.90 Å². The lowest BCUT2D eigenvalue weighted by Gasteiger charge is -2.22. The van der Waals surface area contributed by atoms with Crippen molar-refractivity contribution >= 4 is 34.9 Å². The summed E-state index contributed by atoms with van der Waals surface area (Å²) < 4.78 is 10.3. The fourth-order valence-electron chi connectivity index (χ4n) is 3.12. The smallest absolute Gasteiger partial charge is 0.342 e. The monoisotopic (exact) mass is 374 g/mol. The number of rotatable bonds is 4. The van der Waals surface area contributed by atoms with Gasteiger partial charge in [-0.3, -0.25) is 4.79 Å². The lowest BCUT2D eigenvalue weighted by Crippen LogP contribution is -2.38. The van der Waals surface area contributed by atoms with Crippen molar-refractivity contribution in [3.8, 4) is 5.75 Å². The highest BCUT2D eigenvalue weighted by atomic mass is 35.5. The van der Waals surface area contributed by atoms with Gasteiger partial charge in [0.1, 0.15) is 11.3 Å². The van der Waals surface area contributed by atoms with Crippen LogP contribution in [0.25, 0.3) is 0 Å². The average Bonchev–Trinajstić information content (AvgIpc) is 2.97. The number of carbonyl (C=O) groups excluding carboxylic acids is 2. The third-order valence-electron chi connectivity index (χ3n) is 4.34. The molecule has 2 aromatic rings. The Hall–Kier alpha value is -2.73. The molecule has 26 heavy (non-hydrogen) atoms. The molecule has 0 saturated heterocycles. The molecule has 6 nitrogen and oxygen atoms in total. The van der Waals surface area contributed by atoms with Crippen LogP contribution in [0.15, 0.2) is 36.4 Å². The number of para-hydroxylation sites is 1. The molecule has 0 bridgehead atoms. The number of benzene rings is 2. The highest BCUT2D eigenvalue weighted by Crippen LogP contribution is 2.32. The molecule has 0 aromatic heterocycles. The number of nitrogens with two attached hydrogens (primary N) is 1. The molecule has 1 amide bonds. The van der Waals surface area contributed by atoms with E-state index in [4.69, 9.17) is 26.8 Å². The number of hydrogen-bond acceptors (Lipinski definition) is 5. The van der Waals surface area contributed by atoms with Crippen LogP contribution in [0, 0.1) is 0 Å². The van der Waals surface area contributed by atoms with Crippen LogP contribution >= 0.6 is 11.6 Å². The number of esters is 1. The van der Waals surface area contributed by atoms with Crippen molar-refractivity contribution in [2.75, 3.05) is 24.4 Å². The molecule has 3 rings (SSSR count). The van der Waals surface area contributed by atoms with Gasteiger partial charge < -0.3 is 20.1 Å². The van der Waals surface area contributed by atoms with Crippen LogP contribution in [-0.2, 0) is 16.0 Å². The van der Waals surface area contributed by atoms with Gasteiger partial charge in [0.15, 0.2) is 6.61 Å². The number of amides is 1. The summed E-state index contributed by atoms with van der Waals surface area (Å²) in [5, 5.41) is 0.214. The third-order valence-corrected chi connectivity index (χ3v) is 4.67. The van der Waals surface area contributed by atoms with Crippen LogP contribution in [0.2, 0.25) is 5.02 Å². The molecule has 136 valence electrons. The molecular weight excluding hydrogens is 356 g/mol. The predicted molar refractivity (Wildman–Crippen MR) is 99.8 cm³/mol. The Morgan fingerprint density at radius 2 is 2.04 bits per heavy atom. The maximum absolute atomic E-state index is 12.6. The second-order valence-corrected chi connectivity index (χ2v) is 6.50. The first-order chi connectivity index (χ1) is 12.4. The minimum atomic E-state index is -0.697. The van der Waals surface area contributed by atoms with Gasteiger partial charge in [-0.05, 0) is 31.0 Å². The van der Waals surface area contributed by atoms with Crippen LogP contribution in [0.3, 0.4) is 0 Å². The Bertz CT molecular complexity index is 869. The van der Waals surface area contributed by atoms with E-state index in [0.717, 1.165) is 17.7 Å².